The van der Waals surface area contributed by atoms with Crippen LogP contribution >= 0.6 is 11.6 Å². The first-order valence-electron chi connectivity index (χ1n) is 13.8. The Bertz CT molecular complexity index is 744. The average Bonchev–Trinajstić information content (AvgIpc) is 3.12. The molecule has 0 saturated heterocycles. The molecule has 0 aliphatic heterocycles. The van der Waals surface area contributed by atoms with Crippen LogP contribution in [-0.2, 0) is 17.6 Å². The van der Waals surface area contributed by atoms with E-state index in [9.17, 15) is 4.79 Å². The number of aryl methyl sites for hydroxylation is 2. The molecule has 0 aliphatic rings. The molecule has 0 bridgehead atoms. The van der Waals surface area contributed by atoms with E-state index in [1.165, 1.54) is 0 Å². The Morgan fingerprint density at radius 3 is 1.74 bits per heavy atom. The minimum atomic E-state index is -2.14. The van der Waals surface area contributed by atoms with E-state index < -0.39 is 16.6 Å². The Labute approximate surface area is 223 Å². The van der Waals surface area contributed by atoms with Crippen molar-refractivity contribution < 1.29 is 13.6 Å². The molecule has 1 aromatic heterocycles. The summed E-state index contributed by atoms with van der Waals surface area (Å²) >= 11 is 6.02. The minimum absolute atomic E-state index is 0.143. The lowest BCUT2D eigenvalue weighted by Gasteiger charge is -2.43. The molecular weight excluding hydrogens is 490 g/mol. The van der Waals surface area contributed by atoms with Gasteiger partial charge >= 0.3 is 0 Å². The Morgan fingerprint density at radius 1 is 0.857 bits per heavy atom. The van der Waals surface area contributed by atoms with Crippen molar-refractivity contribution in [2.24, 2.45) is 0 Å². The molecule has 0 atom stereocenters. The molecule has 0 unspecified atom stereocenters. The predicted octanol–water partition coefficient (Wildman–Crippen LogP) is 9.23. The van der Waals surface area contributed by atoms with Gasteiger partial charge in [-0.2, -0.15) is 0 Å². The van der Waals surface area contributed by atoms with Crippen LogP contribution in [-0.4, -0.2) is 28.3 Å². The van der Waals surface area contributed by atoms with Gasteiger partial charge in [-0.25, -0.2) is 0 Å². The van der Waals surface area contributed by atoms with E-state index in [4.69, 9.17) is 20.4 Å². The fourth-order valence-electron chi connectivity index (χ4n) is 6.60. The van der Waals surface area contributed by atoms with Crippen molar-refractivity contribution in [2.75, 3.05) is 5.88 Å². The van der Waals surface area contributed by atoms with E-state index in [0.717, 1.165) is 24.2 Å². The molecule has 7 heteroatoms. The fourth-order valence-corrected chi connectivity index (χ4v) is 17.4. The van der Waals surface area contributed by atoms with Crippen LogP contribution in [0.1, 0.15) is 107 Å². The Kier molecular flexibility index (Phi) is 12.7. The van der Waals surface area contributed by atoms with Gasteiger partial charge in [0.05, 0.1) is 0 Å². The van der Waals surface area contributed by atoms with E-state index in [1.54, 1.807) is 0 Å². The van der Waals surface area contributed by atoms with Gasteiger partial charge in [-0.1, -0.05) is 83.1 Å². The summed E-state index contributed by atoms with van der Waals surface area (Å²) in [5.74, 6) is 2.26. The third-order valence-electron chi connectivity index (χ3n) is 8.20. The van der Waals surface area contributed by atoms with Crippen LogP contribution in [0.15, 0.2) is 10.5 Å². The van der Waals surface area contributed by atoms with Crippen LogP contribution in [0.3, 0.4) is 0 Å². The maximum absolute atomic E-state index is 13.1. The molecule has 0 fully saturated rings. The first-order chi connectivity index (χ1) is 16.2. The molecule has 35 heavy (non-hydrogen) atoms. The van der Waals surface area contributed by atoms with Crippen LogP contribution in [0.4, 0.5) is 0 Å². The third-order valence-corrected chi connectivity index (χ3v) is 20.9. The van der Waals surface area contributed by atoms with Crippen LogP contribution < -0.4 is 9.41 Å². The van der Waals surface area contributed by atoms with Gasteiger partial charge in [-0.05, 0) is 52.2 Å². The molecule has 4 nitrogen and oxygen atoms in total. The first kappa shape index (κ1) is 32.3. The van der Waals surface area contributed by atoms with Gasteiger partial charge in [0, 0.05) is 24.3 Å². The quantitative estimate of drug-likeness (QED) is 0.177. The lowest BCUT2D eigenvalue weighted by atomic mass is 10.1. The normalized spacial score (nSPS) is 13.2. The van der Waals surface area contributed by atoms with Crippen LogP contribution in [0.5, 0.6) is 5.95 Å². The first-order valence-corrected chi connectivity index (χ1v) is 18.7. The minimum Gasteiger partial charge on any atom is -0.518 e. The van der Waals surface area contributed by atoms with E-state index in [0.29, 0.717) is 57.9 Å². The molecule has 1 amide bonds. The zero-order chi connectivity index (χ0) is 27.1. The molecule has 204 valence electrons. The van der Waals surface area contributed by atoms with Crippen molar-refractivity contribution in [3.05, 3.63) is 17.4 Å². The number of alkyl halides is 1. The predicted molar refractivity (Wildman–Crippen MR) is 157 cm³/mol. The summed E-state index contributed by atoms with van der Waals surface area (Å²) in [5, 5.41) is 0. The zero-order valence-electron chi connectivity index (χ0n) is 24.7. The molecular formula is C28H54ClNO3Si2. The summed E-state index contributed by atoms with van der Waals surface area (Å²) in [7, 11) is -4.13. The number of rotatable bonds is 15. The highest BCUT2D eigenvalue weighted by Gasteiger charge is 2.48. The van der Waals surface area contributed by atoms with Crippen molar-refractivity contribution in [1.82, 2.24) is 4.98 Å². The summed E-state index contributed by atoms with van der Waals surface area (Å²) in [6, 6.07) is 2.10. The second kappa shape index (κ2) is 13.7. The lowest BCUT2D eigenvalue weighted by Crippen LogP contribution is -2.60. The molecule has 1 N–H and O–H groups in total. The smallest absolute Gasteiger partial charge is 0.274 e. The second-order valence-corrected chi connectivity index (χ2v) is 23.5. The molecule has 1 aromatic rings. The molecule has 1 rings (SSSR count). The number of hydrogen-bond acceptors (Lipinski definition) is 3. The summed E-state index contributed by atoms with van der Waals surface area (Å²) in [4.78, 5) is 16.7. The van der Waals surface area contributed by atoms with Gasteiger partial charge in [0.15, 0.2) is 8.24 Å². The van der Waals surface area contributed by atoms with Crippen molar-refractivity contribution in [3.63, 3.8) is 0 Å². The monoisotopic (exact) mass is 543 g/mol. The average molecular weight is 544 g/mol. The Balaban J connectivity index is 3.17. The summed E-state index contributed by atoms with van der Waals surface area (Å²) in [6.07, 6.45) is 2.73. The van der Waals surface area contributed by atoms with E-state index in [2.05, 4.69) is 94.1 Å². The zero-order valence-corrected chi connectivity index (χ0v) is 27.4. The maximum atomic E-state index is 13.1. The molecule has 0 aliphatic carbocycles. The summed E-state index contributed by atoms with van der Waals surface area (Å²) < 4.78 is 13.3. The fraction of sp³-hybridized carbons (Fsp3) is 0.821. The number of carbonyl (C=O) groups excluding carboxylic acids is 1. The van der Waals surface area contributed by atoms with Crippen molar-refractivity contribution >= 4 is 34.1 Å². The van der Waals surface area contributed by atoms with Crippen molar-refractivity contribution in [1.29, 1.82) is 0 Å². The maximum Gasteiger partial charge on any atom is 0.274 e. The molecule has 0 aromatic carbocycles. The number of furan rings is 1. The van der Waals surface area contributed by atoms with E-state index >= 15 is 0 Å². The van der Waals surface area contributed by atoms with Gasteiger partial charge in [-0.3, -0.25) is 4.79 Å². The highest BCUT2D eigenvalue weighted by Crippen LogP contribution is 2.44. The Hall–Kier alpha value is -0.726. The molecule has 0 spiro atoms. The standard InChI is InChI=1S/C28H54ClNO3Si2/c1-19(2)34(20(3)4,21(5)6)30-27(31)16-15-26-18-25(14-13-17-29)28(32-26)33-35(22(7)8,23(9)10)24(11)12/h18-24H,13-17H2,1-12H3,(H,30,31). The highest BCUT2D eigenvalue weighted by atomic mass is 35.5. The van der Waals surface area contributed by atoms with Gasteiger partial charge in [0.2, 0.25) is 5.91 Å². The van der Waals surface area contributed by atoms with Gasteiger partial charge < -0.3 is 13.8 Å². The molecule has 0 saturated carbocycles. The van der Waals surface area contributed by atoms with Crippen molar-refractivity contribution in [3.8, 4) is 5.95 Å². The number of nitrogens with one attached hydrogen (secondary N) is 1. The lowest BCUT2D eigenvalue weighted by molar-refractivity contribution is -0.119. The van der Waals surface area contributed by atoms with Gasteiger partial charge in [0.25, 0.3) is 14.3 Å². The number of hydrogen-bond donors (Lipinski definition) is 1. The largest absolute Gasteiger partial charge is 0.518 e. The van der Waals surface area contributed by atoms with E-state index in [-0.39, 0.29) is 5.91 Å². The number of amides is 1. The summed E-state index contributed by atoms with van der Waals surface area (Å²) in [5.41, 5.74) is 3.93. The summed E-state index contributed by atoms with van der Waals surface area (Å²) in [6.45, 7) is 27.3. The van der Waals surface area contributed by atoms with Crippen LogP contribution in [0.2, 0.25) is 33.2 Å². The van der Waals surface area contributed by atoms with Crippen LogP contribution in [0.25, 0.3) is 0 Å². The third kappa shape index (κ3) is 7.41. The van der Waals surface area contributed by atoms with Crippen LogP contribution in [0, 0.1) is 0 Å². The van der Waals surface area contributed by atoms with Crippen molar-refractivity contribution in [2.45, 2.75) is 142 Å². The second-order valence-electron chi connectivity index (χ2n) is 12.2. The topological polar surface area (TPSA) is 51.5 Å². The van der Waals surface area contributed by atoms with Gasteiger partial charge in [0.1, 0.15) is 5.76 Å². The molecule has 0 radical (unpaired) electrons. The number of carbonyl (C=O) groups is 1. The molecule has 1 heterocycles. The van der Waals surface area contributed by atoms with Gasteiger partial charge in [-0.15, -0.1) is 11.6 Å². The number of halogens is 1. The highest BCUT2D eigenvalue weighted by molar-refractivity contribution is 6.83. The van der Waals surface area contributed by atoms with E-state index in [1.807, 2.05) is 0 Å². The SMILES string of the molecule is CC(C)[Si](NC(=O)CCc1cc(CCCCl)c(O[Si](C(C)C)(C(C)C)C(C)C)o1)(C(C)C)C(C)C. The Morgan fingerprint density at radius 2 is 1.34 bits per heavy atom.